The molecular weight excluding hydrogens is 180 g/mol. The Balaban J connectivity index is 2.89. The summed E-state index contributed by atoms with van der Waals surface area (Å²) >= 11 is 0. The highest BCUT2D eigenvalue weighted by Crippen LogP contribution is 2.09. The summed E-state index contributed by atoms with van der Waals surface area (Å²) in [6.45, 7) is 1.71. The van der Waals surface area contributed by atoms with E-state index in [4.69, 9.17) is 5.21 Å². The van der Waals surface area contributed by atoms with Crippen molar-refractivity contribution in [2.45, 2.75) is 13.3 Å². The number of nitrogens with one attached hydrogen (secondary N) is 1. The standard InChI is InChI=1S/C10H12N2O2/c1-2-9(13)10(12-14)11-8-6-4-3-5-7-8/h3-7,14H,2H2,1H3,(H,11,12). The highest BCUT2D eigenvalue weighted by molar-refractivity contribution is 6.38. The third kappa shape index (κ3) is 2.67. The minimum atomic E-state index is -0.226. The number of hydrogen-bond donors (Lipinski definition) is 2. The lowest BCUT2D eigenvalue weighted by Crippen LogP contribution is -2.27. The minimum absolute atomic E-state index is 0.0290. The van der Waals surface area contributed by atoms with Gasteiger partial charge in [0, 0.05) is 6.42 Å². The number of rotatable bonds is 3. The quantitative estimate of drug-likeness (QED) is 0.435. The molecule has 1 aromatic rings. The highest BCUT2D eigenvalue weighted by atomic mass is 16.5. The first-order chi connectivity index (χ1) is 6.77. The molecule has 1 rings (SSSR count). The summed E-state index contributed by atoms with van der Waals surface area (Å²) in [5, 5.41) is 8.69. The number of carbonyl (C=O) groups excluding carboxylic acids is 1. The van der Waals surface area contributed by atoms with E-state index in [1.165, 1.54) is 0 Å². The number of hydroxylamine groups is 1. The summed E-state index contributed by atoms with van der Waals surface area (Å²) in [5.41, 5.74) is 2.43. The Bertz CT molecular complexity index is 333. The first kappa shape index (κ1) is 10.4. The van der Waals surface area contributed by atoms with Gasteiger partial charge in [-0.25, -0.2) is 10.5 Å². The van der Waals surface area contributed by atoms with Crippen LogP contribution in [0.5, 0.6) is 0 Å². The molecule has 0 amide bonds. The molecule has 0 unspecified atom stereocenters. The Morgan fingerprint density at radius 2 is 2.07 bits per heavy atom. The number of Topliss-reactive ketones (excluding diaryl/α,β-unsaturated/α-hetero) is 1. The lowest BCUT2D eigenvalue weighted by molar-refractivity contribution is -0.113. The Hall–Kier alpha value is -1.68. The summed E-state index contributed by atoms with van der Waals surface area (Å²) in [5.74, 6) is -0.255. The number of benzene rings is 1. The molecule has 0 aliphatic carbocycles. The van der Waals surface area contributed by atoms with Gasteiger partial charge in [0.05, 0.1) is 5.69 Å². The van der Waals surface area contributed by atoms with Gasteiger partial charge in [0.25, 0.3) is 0 Å². The Labute approximate surface area is 82.2 Å². The predicted octanol–water partition coefficient (Wildman–Crippen LogP) is 1.67. The van der Waals surface area contributed by atoms with E-state index in [0.717, 1.165) is 0 Å². The van der Waals surface area contributed by atoms with Gasteiger partial charge in [-0.05, 0) is 12.1 Å². The predicted molar refractivity (Wildman–Crippen MR) is 53.8 cm³/mol. The van der Waals surface area contributed by atoms with Crippen LogP contribution in [0.2, 0.25) is 0 Å². The van der Waals surface area contributed by atoms with Crippen LogP contribution in [0.4, 0.5) is 5.69 Å². The van der Waals surface area contributed by atoms with E-state index >= 15 is 0 Å². The molecule has 0 aliphatic heterocycles. The number of hydrogen-bond acceptors (Lipinski definition) is 3. The smallest absolute Gasteiger partial charge is 0.199 e. The number of para-hydroxylation sites is 1. The SMILES string of the molecule is CCC(=O)C(=Nc1ccccc1)NO. The second kappa shape index (κ2) is 5.14. The fraction of sp³-hybridized carbons (Fsp3) is 0.200. The lowest BCUT2D eigenvalue weighted by atomic mass is 10.3. The number of ketones is 1. The van der Waals surface area contributed by atoms with Crippen molar-refractivity contribution >= 4 is 17.3 Å². The Kier molecular flexibility index (Phi) is 3.82. The van der Waals surface area contributed by atoms with E-state index in [1.807, 2.05) is 18.2 Å². The largest absolute Gasteiger partial charge is 0.291 e. The monoisotopic (exact) mass is 192 g/mol. The van der Waals surface area contributed by atoms with Crippen molar-refractivity contribution in [2.75, 3.05) is 0 Å². The van der Waals surface area contributed by atoms with E-state index in [0.29, 0.717) is 12.1 Å². The van der Waals surface area contributed by atoms with Crippen LogP contribution in [-0.2, 0) is 4.79 Å². The van der Waals surface area contributed by atoms with E-state index in [9.17, 15) is 4.79 Å². The molecule has 0 saturated heterocycles. The molecule has 14 heavy (non-hydrogen) atoms. The summed E-state index contributed by atoms with van der Waals surface area (Å²) in [6, 6.07) is 8.97. The van der Waals surface area contributed by atoms with Gasteiger partial charge in [-0.15, -0.1) is 0 Å². The van der Waals surface area contributed by atoms with E-state index in [2.05, 4.69) is 4.99 Å². The fourth-order valence-electron chi connectivity index (χ4n) is 0.949. The van der Waals surface area contributed by atoms with E-state index in [-0.39, 0.29) is 11.6 Å². The fourth-order valence-corrected chi connectivity index (χ4v) is 0.949. The van der Waals surface area contributed by atoms with Crippen LogP contribution >= 0.6 is 0 Å². The second-order valence-corrected chi connectivity index (χ2v) is 2.68. The van der Waals surface area contributed by atoms with Gasteiger partial charge >= 0.3 is 0 Å². The number of aliphatic imine (C=N–C) groups is 1. The lowest BCUT2D eigenvalue weighted by Gasteiger charge is -2.01. The molecule has 0 spiro atoms. The van der Waals surface area contributed by atoms with Crippen molar-refractivity contribution in [1.29, 1.82) is 0 Å². The molecule has 0 saturated carbocycles. The normalized spacial score (nSPS) is 11.1. The number of carbonyl (C=O) groups is 1. The number of amidine groups is 1. The molecule has 0 aliphatic rings. The summed E-state index contributed by atoms with van der Waals surface area (Å²) in [7, 11) is 0. The van der Waals surface area contributed by atoms with Gasteiger partial charge < -0.3 is 0 Å². The molecule has 4 heteroatoms. The van der Waals surface area contributed by atoms with Gasteiger partial charge in [-0.1, -0.05) is 25.1 Å². The maximum atomic E-state index is 11.2. The maximum Gasteiger partial charge on any atom is 0.199 e. The third-order valence-corrected chi connectivity index (χ3v) is 1.69. The van der Waals surface area contributed by atoms with Gasteiger partial charge in [0.2, 0.25) is 0 Å². The Morgan fingerprint density at radius 3 is 2.57 bits per heavy atom. The topological polar surface area (TPSA) is 61.7 Å². The molecule has 74 valence electrons. The minimum Gasteiger partial charge on any atom is -0.291 e. The van der Waals surface area contributed by atoms with Crippen LogP contribution in [0.25, 0.3) is 0 Å². The molecule has 0 aromatic heterocycles. The van der Waals surface area contributed by atoms with E-state index < -0.39 is 0 Å². The summed E-state index contributed by atoms with van der Waals surface area (Å²) < 4.78 is 0. The summed E-state index contributed by atoms with van der Waals surface area (Å²) in [6.07, 6.45) is 0.305. The molecule has 0 heterocycles. The van der Waals surface area contributed by atoms with Crippen molar-refractivity contribution in [3.8, 4) is 0 Å². The first-order valence-corrected chi connectivity index (χ1v) is 4.35. The molecule has 2 N–H and O–H groups in total. The van der Waals surface area contributed by atoms with Crippen molar-refractivity contribution in [3.63, 3.8) is 0 Å². The Morgan fingerprint density at radius 1 is 1.43 bits per heavy atom. The molecule has 0 fully saturated rings. The van der Waals surface area contributed by atoms with Crippen LogP contribution in [0, 0.1) is 0 Å². The van der Waals surface area contributed by atoms with E-state index in [1.54, 1.807) is 24.5 Å². The van der Waals surface area contributed by atoms with Gasteiger partial charge in [-0.3, -0.25) is 10.0 Å². The van der Waals surface area contributed by atoms with Crippen LogP contribution in [0.15, 0.2) is 35.3 Å². The van der Waals surface area contributed by atoms with Crippen molar-refractivity contribution in [2.24, 2.45) is 4.99 Å². The molecular formula is C10H12N2O2. The zero-order chi connectivity index (χ0) is 10.4. The van der Waals surface area contributed by atoms with Crippen molar-refractivity contribution in [1.82, 2.24) is 5.48 Å². The zero-order valence-electron chi connectivity index (χ0n) is 7.90. The maximum absolute atomic E-state index is 11.2. The molecule has 0 bridgehead atoms. The molecule has 0 atom stereocenters. The average Bonchev–Trinajstić information content (AvgIpc) is 2.26. The highest BCUT2D eigenvalue weighted by Gasteiger charge is 2.07. The molecule has 0 radical (unpaired) electrons. The van der Waals surface area contributed by atoms with Crippen LogP contribution in [-0.4, -0.2) is 16.8 Å². The van der Waals surface area contributed by atoms with Crippen molar-refractivity contribution in [3.05, 3.63) is 30.3 Å². The van der Waals surface area contributed by atoms with Gasteiger partial charge in [0.1, 0.15) is 0 Å². The van der Waals surface area contributed by atoms with Crippen LogP contribution in [0.3, 0.4) is 0 Å². The average molecular weight is 192 g/mol. The van der Waals surface area contributed by atoms with Crippen molar-refractivity contribution < 1.29 is 10.0 Å². The van der Waals surface area contributed by atoms with Gasteiger partial charge in [-0.2, -0.15) is 0 Å². The second-order valence-electron chi connectivity index (χ2n) is 2.68. The van der Waals surface area contributed by atoms with Gasteiger partial charge in [0.15, 0.2) is 11.6 Å². The summed E-state index contributed by atoms with van der Waals surface area (Å²) in [4.78, 5) is 15.1. The third-order valence-electron chi connectivity index (χ3n) is 1.69. The molecule has 1 aromatic carbocycles. The first-order valence-electron chi connectivity index (χ1n) is 4.35. The van der Waals surface area contributed by atoms with Crippen LogP contribution < -0.4 is 5.48 Å². The van der Waals surface area contributed by atoms with Crippen LogP contribution in [0.1, 0.15) is 13.3 Å². The zero-order valence-corrected chi connectivity index (χ0v) is 7.90. The number of nitrogens with zero attached hydrogens (tertiary/aromatic N) is 1. The molecule has 4 nitrogen and oxygen atoms in total.